The van der Waals surface area contributed by atoms with E-state index in [9.17, 15) is 8.42 Å². The van der Waals surface area contributed by atoms with Crippen molar-refractivity contribution in [3.63, 3.8) is 0 Å². The van der Waals surface area contributed by atoms with Crippen LogP contribution in [0.1, 0.15) is 25.2 Å². The monoisotopic (exact) mass is 283 g/mol. The summed E-state index contributed by atoms with van der Waals surface area (Å²) in [7, 11) is -3.70. The first-order valence-electron chi connectivity index (χ1n) is 6.05. The molecule has 0 aliphatic heterocycles. The van der Waals surface area contributed by atoms with E-state index in [4.69, 9.17) is 5.14 Å². The van der Waals surface area contributed by atoms with Crippen LogP contribution in [-0.4, -0.2) is 28.0 Å². The van der Waals surface area contributed by atoms with Gasteiger partial charge >= 0.3 is 0 Å². The minimum Gasteiger partial charge on any atom is -0.268 e. The predicted molar refractivity (Wildman–Crippen MR) is 70.0 cm³/mol. The van der Waals surface area contributed by atoms with Gasteiger partial charge in [-0.3, -0.25) is 9.36 Å². The second kappa shape index (κ2) is 5.14. The Kier molecular flexibility index (Phi) is 3.72. The fourth-order valence-electron chi connectivity index (χ4n) is 1.83. The van der Waals surface area contributed by atoms with Crippen molar-refractivity contribution in [2.24, 2.45) is 5.14 Å². The van der Waals surface area contributed by atoms with Crippen LogP contribution in [0.15, 0.2) is 23.4 Å². The highest BCUT2D eigenvalue weighted by atomic mass is 32.2. The van der Waals surface area contributed by atoms with Crippen molar-refractivity contribution in [1.82, 2.24) is 19.6 Å². The molecule has 2 aromatic heterocycles. The lowest BCUT2D eigenvalue weighted by Crippen LogP contribution is -2.11. The molecule has 0 amide bonds. The van der Waals surface area contributed by atoms with Crippen LogP contribution in [-0.2, 0) is 29.5 Å². The molecule has 2 rings (SSSR count). The molecule has 0 atom stereocenters. The van der Waals surface area contributed by atoms with Crippen molar-refractivity contribution in [2.75, 3.05) is 0 Å². The maximum Gasteiger partial charge on any atom is 0.241 e. The Morgan fingerprint density at radius 2 is 2.11 bits per heavy atom. The first kappa shape index (κ1) is 13.8. The summed E-state index contributed by atoms with van der Waals surface area (Å²) in [4.78, 5) is 0.0192. The number of hydrogen-bond donors (Lipinski definition) is 1. The molecule has 0 bridgehead atoms. The lowest BCUT2D eigenvalue weighted by Gasteiger charge is -2.04. The molecule has 104 valence electrons. The van der Waals surface area contributed by atoms with Gasteiger partial charge in [0.25, 0.3) is 0 Å². The molecule has 8 heteroatoms. The topological polar surface area (TPSA) is 95.8 Å². The molecular formula is C11H17N5O2S. The van der Waals surface area contributed by atoms with Crippen molar-refractivity contribution >= 4 is 10.0 Å². The molecule has 2 aromatic rings. The van der Waals surface area contributed by atoms with Gasteiger partial charge in [-0.2, -0.15) is 10.2 Å². The summed E-state index contributed by atoms with van der Waals surface area (Å²) in [5, 5.41) is 13.5. The Morgan fingerprint density at radius 1 is 1.37 bits per heavy atom. The van der Waals surface area contributed by atoms with E-state index in [1.54, 1.807) is 4.68 Å². The zero-order valence-electron chi connectivity index (χ0n) is 10.9. The Morgan fingerprint density at radius 3 is 2.63 bits per heavy atom. The van der Waals surface area contributed by atoms with Crippen LogP contribution < -0.4 is 5.14 Å². The maximum atomic E-state index is 11.2. The highest BCUT2D eigenvalue weighted by Crippen LogP contribution is 2.10. The fourth-order valence-corrected chi connectivity index (χ4v) is 2.30. The molecule has 0 fully saturated rings. The van der Waals surface area contributed by atoms with Crippen LogP contribution in [0, 0.1) is 0 Å². The number of aromatic nitrogens is 4. The molecule has 0 saturated heterocycles. The summed E-state index contributed by atoms with van der Waals surface area (Å²) in [6, 6.07) is 2.00. The van der Waals surface area contributed by atoms with E-state index in [1.165, 1.54) is 12.4 Å². The van der Waals surface area contributed by atoms with E-state index in [1.807, 2.05) is 24.6 Å². The Hall–Kier alpha value is -1.67. The van der Waals surface area contributed by atoms with Gasteiger partial charge in [0.2, 0.25) is 10.0 Å². The zero-order chi connectivity index (χ0) is 14.0. The number of rotatable bonds is 5. The van der Waals surface area contributed by atoms with Gasteiger partial charge < -0.3 is 0 Å². The van der Waals surface area contributed by atoms with E-state index in [-0.39, 0.29) is 4.90 Å². The van der Waals surface area contributed by atoms with Crippen LogP contribution in [0.3, 0.4) is 0 Å². The van der Waals surface area contributed by atoms with Crippen molar-refractivity contribution in [3.05, 3.63) is 29.8 Å². The van der Waals surface area contributed by atoms with Crippen molar-refractivity contribution < 1.29 is 8.42 Å². The highest BCUT2D eigenvalue weighted by molar-refractivity contribution is 7.89. The molecule has 0 aromatic carbocycles. The summed E-state index contributed by atoms with van der Waals surface area (Å²) >= 11 is 0. The van der Waals surface area contributed by atoms with Gasteiger partial charge in [0, 0.05) is 12.7 Å². The van der Waals surface area contributed by atoms with Gasteiger partial charge in [-0.05, 0) is 19.4 Å². The smallest absolute Gasteiger partial charge is 0.241 e. The molecule has 7 nitrogen and oxygen atoms in total. The van der Waals surface area contributed by atoms with Gasteiger partial charge in [0.15, 0.2) is 0 Å². The van der Waals surface area contributed by atoms with E-state index < -0.39 is 10.0 Å². The van der Waals surface area contributed by atoms with Crippen molar-refractivity contribution in [1.29, 1.82) is 0 Å². The molecule has 0 aliphatic rings. The second-order valence-corrected chi connectivity index (χ2v) is 5.78. The van der Waals surface area contributed by atoms with E-state index >= 15 is 0 Å². The van der Waals surface area contributed by atoms with Crippen LogP contribution >= 0.6 is 0 Å². The Bertz CT molecular complexity index is 671. The lowest BCUT2D eigenvalue weighted by molar-refractivity contribution is 0.572. The molecular weight excluding hydrogens is 266 g/mol. The third kappa shape index (κ3) is 3.02. The molecule has 19 heavy (non-hydrogen) atoms. The normalized spacial score (nSPS) is 11.9. The van der Waals surface area contributed by atoms with Gasteiger partial charge in [-0.15, -0.1) is 0 Å². The lowest BCUT2D eigenvalue weighted by atomic mass is 10.3. The second-order valence-electron chi connectivity index (χ2n) is 4.21. The number of nitrogens with zero attached hydrogens (tertiary/aromatic N) is 4. The number of sulfonamides is 1. The largest absolute Gasteiger partial charge is 0.268 e. The summed E-state index contributed by atoms with van der Waals surface area (Å²) in [5.74, 6) is 0. The van der Waals surface area contributed by atoms with E-state index in [0.29, 0.717) is 6.54 Å². The third-order valence-corrected chi connectivity index (χ3v) is 3.71. The van der Waals surface area contributed by atoms with E-state index in [2.05, 4.69) is 10.2 Å². The number of hydrogen-bond acceptors (Lipinski definition) is 4. The maximum absolute atomic E-state index is 11.2. The summed E-state index contributed by atoms with van der Waals surface area (Å²) in [6.07, 6.45) is 3.54. The summed E-state index contributed by atoms with van der Waals surface area (Å²) in [6.45, 7) is 5.28. The molecule has 0 unspecified atom stereocenters. The van der Waals surface area contributed by atoms with Crippen molar-refractivity contribution in [3.8, 4) is 0 Å². The molecule has 2 N–H and O–H groups in total. The summed E-state index contributed by atoms with van der Waals surface area (Å²) in [5.41, 5.74) is 2.00. The molecule has 2 heterocycles. The molecule has 0 radical (unpaired) electrons. The Balaban J connectivity index is 2.26. The third-order valence-electron chi connectivity index (χ3n) is 2.84. The van der Waals surface area contributed by atoms with Crippen LogP contribution in [0.4, 0.5) is 0 Å². The van der Waals surface area contributed by atoms with Gasteiger partial charge in [-0.25, -0.2) is 13.6 Å². The Labute approximate surface area is 112 Å². The van der Waals surface area contributed by atoms with E-state index in [0.717, 1.165) is 24.4 Å². The average Bonchev–Trinajstić information content (AvgIpc) is 2.95. The van der Waals surface area contributed by atoms with Crippen LogP contribution in [0.5, 0.6) is 0 Å². The molecule has 0 aliphatic carbocycles. The number of nitrogens with two attached hydrogens (primary N) is 1. The van der Waals surface area contributed by atoms with Crippen LogP contribution in [0.2, 0.25) is 0 Å². The number of primary sulfonamides is 1. The van der Waals surface area contributed by atoms with Gasteiger partial charge in [-0.1, -0.05) is 6.92 Å². The van der Waals surface area contributed by atoms with Crippen molar-refractivity contribution in [2.45, 2.75) is 38.3 Å². The average molecular weight is 283 g/mol. The highest BCUT2D eigenvalue weighted by Gasteiger charge is 2.12. The fraction of sp³-hybridized carbons (Fsp3) is 0.455. The molecule has 0 spiro atoms. The quantitative estimate of drug-likeness (QED) is 0.856. The first-order chi connectivity index (χ1) is 8.94. The predicted octanol–water partition coefficient (Wildman–Crippen LogP) is 0.358. The van der Waals surface area contributed by atoms with Gasteiger partial charge in [0.1, 0.15) is 4.90 Å². The van der Waals surface area contributed by atoms with Crippen LogP contribution in [0.25, 0.3) is 0 Å². The molecule has 0 saturated carbocycles. The minimum absolute atomic E-state index is 0.0192. The first-order valence-corrected chi connectivity index (χ1v) is 7.59. The van der Waals surface area contributed by atoms with Gasteiger partial charge in [0.05, 0.1) is 24.1 Å². The zero-order valence-corrected chi connectivity index (χ0v) is 11.8. The SMILES string of the molecule is CCc1cc(Cn2cc(S(N)(=O)=O)cn2)n(CC)n1. The standard InChI is InChI=1S/C11H17N5O2S/c1-3-9-5-10(16(4-2)14-9)7-15-8-11(6-13-15)19(12,17)18/h5-6,8H,3-4,7H2,1-2H3,(H2,12,17,18). The minimum atomic E-state index is -3.70. The summed E-state index contributed by atoms with van der Waals surface area (Å²) < 4.78 is 25.8. The number of aryl methyl sites for hydroxylation is 2.